The smallest absolute Gasteiger partial charge is 0.325 e. The molecule has 20 heavy (non-hydrogen) atoms. The fourth-order valence-corrected chi connectivity index (χ4v) is 4.00. The van der Waals surface area contributed by atoms with E-state index in [1.54, 1.807) is 11.8 Å². The number of hydrogen-bond acceptors (Lipinski definition) is 3. The van der Waals surface area contributed by atoms with Gasteiger partial charge in [0, 0.05) is 16.7 Å². The van der Waals surface area contributed by atoms with E-state index in [9.17, 15) is 9.90 Å². The van der Waals surface area contributed by atoms with Gasteiger partial charge in [0.05, 0.1) is 5.02 Å². The molecule has 1 aromatic rings. The Morgan fingerprint density at radius 1 is 1.35 bits per heavy atom. The molecule has 2 aliphatic rings. The summed E-state index contributed by atoms with van der Waals surface area (Å²) >= 11 is 7.70. The fraction of sp³-hybridized carbons (Fsp3) is 0.533. The summed E-state index contributed by atoms with van der Waals surface area (Å²) in [7, 11) is 0. The number of halogens is 1. The second-order valence-corrected chi connectivity index (χ2v) is 7.11. The highest BCUT2D eigenvalue weighted by molar-refractivity contribution is 7.99. The van der Waals surface area contributed by atoms with Crippen LogP contribution < -0.4 is 5.32 Å². The number of nitrogens with one attached hydrogen (secondary N) is 1. The van der Waals surface area contributed by atoms with Crippen molar-refractivity contribution in [3.05, 3.63) is 29.3 Å². The van der Waals surface area contributed by atoms with E-state index in [0.717, 1.165) is 30.6 Å². The molecule has 1 unspecified atom stereocenters. The Kier molecular flexibility index (Phi) is 3.98. The van der Waals surface area contributed by atoms with Gasteiger partial charge in [-0.2, -0.15) is 0 Å². The molecule has 1 atom stereocenters. The van der Waals surface area contributed by atoms with Gasteiger partial charge in [0.2, 0.25) is 0 Å². The van der Waals surface area contributed by atoms with Gasteiger partial charge in [-0.15, -0.1) is 11.8 Å². The summed E-state index contributed by atoms with van der Waals surface area (Å²) < 4.78 is 0. The van der Waals surface area contributed by atoms with Gasteiger partial charge in [0.25, 0.3) is 0 Å². The molecular formula is C15H18ClNO2S. The zero-order valence-electron chi connectivity index (χ0n) is 11.1. The number of carboxylic acids is 1. The van der Waals surface area contributed by atoms with Crippen LogP contribution in [0.1, 0.15) is 25.7 Å². The Balaban J connectivity index is 1.75. The first kappa shape index (κ1) is 14.2. The van der Waals surface area contributed by atoms with Crippen LogP contribution in [0.15, 0.2) is 29.2 Å². The Labute approximate surface area is 128 Å². The molecule has 0 heterocycles. The van der Waals surface area contributed by atoms with Gasteiger partial charge in [-0.05, 0) is 43.7 Å². The molecule has 108 valence electrons. The third-order valence-corrected chi connectivity index (χ3v) is 5.70. The van der Waals surface area contributed by atoms with Gasteiger partial charge in [-0.1, -0.05) is 23.7 Å². The van der Waals surface area contributed by atoms with Crippen LogP contribution in [-0.2, 0) is 4.79 Å². The molecule has 1 aromatic carbocycles. The average Bonchev–Trinajstić information content (AvgIpc) is 3.27. The number of aliphatic carboxylic acids is 1. The monoisotopic (exact) mass is 311 g/mol. The Morgan fingerprint density at radius 3 is 2.60 bits per heavy atom. The molecular weight excluding hydrogens is 294 g/mol. The van der Waals surface area contributed by atoms with E-state index in [-0.39, 0.29) is 5.92 Å². The SMILES string of the molecule is O=C(O)C(CSc1ccccc1Cl)(NC1CC1)C1CC1. The van der Waals surface area contributed by atoms with Crippen LogP contribution in [0.5, 0.6) is 0 Å². The summed E-state index contributed by atoms with van der Waals surface area (Å²) in [5.41, 5.74) is -0.787. The highest BCUT2D eigenvalue weighted by Gasteiger charge is 2.53. The first-order valence-corrected chi connectivity index (χ1v) is 8.36. The van der Waals surface area contributed by atoms with Crippen molar-refractivity contribution < 1.29 is 9.90 Å². The summed E-state index contributed by atoms with van der Waals surface area (Å²) in [6, 6.07) is 8.00. The van der Waals surface area contributed by atoms with Crippen molar-refractivity contribution in [3.8, 4) is 0 Å². The Bertz CT molecular complexity index is 516. The van der Waals surface area contributed by atoms with Crippen LogP contribution >= 0.6 is 23.4 Å². The number of benzene rings is 1. The molecule has 2 N–H and O–H groups in total. The molecule has 0 bridgehead atoms. The first-order valence-electron chi connectivity index (χ1n) is 7.00. The molecule has 0 saturated heterocycles. The summed E-state index contributed by atoms with van der Waals surface area (Å²) in [4.78, 5) is 12.8. The lowest BCUT2D eigenvalue weighted by Crippen LogP contribution is -2.57. The number of carboxylic acid groups (broad SMARTS) is 1. The lowest BCUT2D eigenvalue weighted by Gasteiger charge is -2.31. The summed E-state index contributed by atoms with van der Waals surface area (Å²) in [5.74, 6) is 0.0785. The number of carbonyl (C=O) groups is 1. The van der Waals surface area contributed by atoms with Crippen molar-refractivity contribution in [2.45, 2.75) is 42.2 Å². The van der Waals surface area contributed by atoms with Gasteiger partial charge >= 0.3 is 5.97 Å². The number of rotatable bonds is 7. The van der Waals surface area contributed by atoms with E-state index < -0.39 is 11.5 Å². The van der Waals surface area contributed by atoms with Crippen LogP contribution in [-0.4, -0.2) is 28.4 Å². The maximum Gasteiger partial charge on any atom is 0.325 e. The lowest BCUT2D eigenvalue weighted by molar-refractivity contribution is -0.145. The largest absolute Gasteiger partial charge is 0.480 e. The molecule has 0 radical (unpaired) electrons. The standard InChI is InChI=1S/C15H18ClNO2S/c16-12-3-1-2-4-13(12)20-9-15(14(18)19,10-5-6-10)17-11-7-8-11/h1-4,10-11,17H,5-9H2,(H,18,19). The molecule has 0 aromatic heterocycles. The van der Waals surface area contributed by atoms with E-state index in [1.165, 1.54) is 0 Å². The molecule has 3 rings (SSSR count). The molecule has 0 aliphatic heterocycles. The van der Waals surface area contributed by atoms with Gasteiger partial charge in [-0.25, -0.2) is 0 Å². The van der Waals surface area contributed by atoms with Crippen LogP contribution in [0.25, 0.3) is 0 Å². The summed E-state index contributed by atoms with van der Waals surface area (Å²) in [6.07, 6.45) is 4.21. The minimum Gasteiger partial charge on any atom is -0.480 e. The summed E-state index contributed by atoms with van der Waals surface area (Å²) in [5, 5.41) is 13.8. The fourth-order valence-electron chi connectivity index (χ4n) is 2.50. The minimum atomic E-state index is -0.787. The molecule has 0 spiro atoms. The highest BCUT2D eigenvalue weighted by atomic mass is 35.5. The van der Waals surface area contributed by atoms with Crippen molar-refractivity contribution in [1.82, 2.24) is 5.32 Å². The van der Waals surface area contributed by atoms with Crippen molar-refractivity contribution in [1.29, 1.82) is 0 Å². The van der Waals surface area contributed by atoms with Crippen LogP contribution in [0.4, 0.5) is 0 Å². The molecule has 2 fully saturated rings. The third-order valence-electron chi connectivity index (χ3n) is 3.99. The average molecular weight is 312 g/mol. The lowest BCUT2D eigenvalue weighted by atomic mass is 9.95. The Hall–Kier alpha value is -0.710. The van der Waals surface area contributed by atoms with Gasteiger partial charge in [0.15, 0.2) is 0 Å². The maximum atomic E-state index is 11.9. The second-order valence-electron chi connectivity index (χ2n) is 5.69. The molecule has 0 amide bonds. The number of thioether (sulfide) groups is 1. The quantitative estimate of drug-likeness (QED) is 0.758. The van der Waals surface area contributed by atoms with E-state index in [4.69, 9.17) is 11.6 Å². The van der Waals surface area contributed by atoms with Crippen molar-refractivity contribution >= 4 is 29.3 Å². The predicted molar refractivity (Wildman–Crippen MR) is 81.4 cm³/mol. The highest BCUT2D eigenvalue weighted by Crippen LogP contribution is 2.44. The minimum absolute atomic E-state index is 0.260. The van der Waals surface area contributed by atoms with E-state index >= 15 is 0 Å². The van der Waals surface area contributed by atoms with E-state index in [1.807, 2.05) is 24.3 Å². The summed E-state index contributed by atoms with van der Waals surface area (Å²) in [6.45, 7) is 0. The normalized spacial score (nSPS) is 21.4. The van der Waals surface area contributed by atoms with Crippen LogP contribution in [0, 0.1) is 5.92 Å². The predicted octanol–water partition coefficient (Wildman–Crippen LogP) is 3.42. The molecule has 3 nitrogen and oxygen atoms in total. The molecule has 2 aliphatic carbocycles. The molecule has 5 heteroatoms. The van der Waals surface area contributed by atoms with Crippen LogP contribution in [0.3, 0.4) is 0 Å². The van der Waals surface area contributed by atoms with Crippen molar-refractivity contribution in [2.24, 2.45) is 5.92 Å². The number of hydrogen-bond donors (Lipinski definition) is 2. The Morgan fingerprint density at radius 2 is 2.05 bits per heavy atom. The van der Waals surface area contributed by atoms with Crippen LogP contribution in [0.2, 0.25) is 5.02 Å². The van der Waals surface area contributed by atoms with Gasteiger partial charge in [0.1, 0.15) is 5.54 Å². The van der Waals surface area contributed by atoms with Gasteiger partial charge in [-0.3, -0.25) is 10.1 Å². The third kappa shape index (κ3) is 2.97. The van der Waals surface area contributed by atoms with Crippen molar-refractivity contribution in [2.75, 3.05) is 5.75 Å². The van der Waals surface area contributed by atoms with Gasteiger partial charge < -0.3 is 5.11 Å². The molecule has 2 saturated carbocycles. The van der Waals surface area contributed by atoms with E-state index in [0.29, 0.717) is 16.8 Å². The van der Waals surface area contributed by atoms with E-state index in [2.05, 4.69) is 5.32 Å². The van der Waals surface area contributed by atoms with Crippen molar-refractivity contribution in [3.63, 3.8) is 0 Å². The zero-order chi connectivity index (χ0) is 14.2. The zero-order valence-corrected chi connectivity index (χ0v) is 12.7. The maximum absolute atomic E-state index is 11.9. The topological polar surface area (TPSA) is 49.3 Å². The first-order chi connectivity index (χ1) is 9.62. The second kappa shape index (κ2) is 5.58.